The van der Waals surface area contributed by atoms with Crippen molar-refractivity contribution in [3.05, 3.63) is 55.3 Å². The van der Waals surface area contributed by atoms with E-state index < -0.39 is 12.2 Å². The third kappa shape index (κ3) is 4.16. The number of benzene rings is 1. The van der Waals surface area contributed by atoms with Gasteiger partial charge in [0.15, 0.2) is 0 Å². The van der Waals surface area contributed by atoms with Gasteiger partial charge in [0.05, 0.1) is 19.2 Å². The lowest BCUT2D eigenvalue weighted by molar-refractivity contribution is -0.145. The van der Waals surface area contributed by atoms with Gasteiger partial charge < -0.3 is 14.8 Å². The summed E-state index contributed by atoms with van der Waals surface area (Å²) in [6.45, 7) is 5.13. The summed E-state index contributed by atoms with van der Waals surface area (Å²) in [4.78, 5) is 25.0. The Morgan fingerprint density at radius 2 is 2.04 bits per heavy atom. The van der Waals surface area contributed by atoms with Gasteiger partial charge >= 0.3 is 12.1 Å². The Balaban J connectivity index is 2.34. The average molecular weight is 330 g/mol. The molecule has 1 heterocycles. The first-order valence-corrected chi connectivity index (χ1v) is 7.71. The first kappa shape index (κ1) is 17.6. The van der Waals surface area contributed by atoms with Crippen molar-refractivity contribution < 1.29 is 19.1 Å². The van der Waals surface area contributed by atoms with Crippen molar-refractivity contribution in [3.63, 3.8) is 0 Å². The van der Waals surface area contributed by atoms with Gasteiger partial charge in [0.1, 0.15) is 6.10 Å². The minimum atomic E-state index is -0.506. The molecule has 1 aromatic rings. The molecule has 3 unspecified atom stereocenters. The lowest BCUT2D eigenvalue weighted by Crippen LogP contribution is -2.55. The molecule has 1 aliphatic rings. The molecule has 24 heavy (non-hydrogen) atoms. The number of esters is 1. The van der Waals surface area contributed by atoms with Crippen LogP contribution in [-0.4, -0.2) is 42.3 Å². The molecule has 128 valence electrons. The number of ether oxygens (including phenoxy) is 2. The molecule has 0 spiro atoms. The van der Waals surface area contributed by atoms with Crippen LogP contribution in [0.25, 0.3) is 0 Å². The van der Waals surface area contributed by atoms with Gasteiger partial charge in [-0.2, -0.15) is 0 Å². The molecule has 1 N–H and O–H groups in total. The van der Waals surface area contributed by atoms with Crippen molar-refractivity contribution in [2.24, 2.45) is 0 Å². The minimum absolute atomic E-state index is 0.301. The van der Waals surface area contributed by atoms with Crippen LogP contribution in [0.4, 0.5) is 10.5 Å². The molecule has 6 nitrogen and oxygen atoms in total. The van der Waals surface area contributed by atoms with Crippen molar-refractivity contribution in [2.45, 2.75) is 31.5 Å². The van der Waals surface area contributed by atoms with Crippen molar-refractivity contribution >= 4 is 17.7 Å². The van der Waals surface area contributed by atoms with E-state index in [1.165, 1.54) is 18.9 Å². The summed E-state index contributed by atoms with van der Waals surface area (Å²) in [5.74, 6) is -0.381. The predicted octanol–water partition coefficient (Wildman–Crippen LogP) is 2.94. The number of rotatable bonds is 5. The molecule has 0 fully saturated rings. The van der Waals surface area contributed by atoms with E-state index >= 15 is 0 Å². The van der Waals surface area contributed by atoms with E-state index in [1.54, 1.807) is 18.4 Å². The Kier molecular flexibility index (Phi) is 6.01. The summed E-state index contributed by atoms with van der Waals surface area (Å²) in [6.07, 6.45) is 4.54. The van der Waals surface area contributed by atoms with Gasteiger partial charge in [0, 0.05) is 18.8 Å². The molecule has 0 saturated carbocycles. The monoisotopic (exact) mass is 330 g/mol. The van der Waals surface area contributed by atoms with E-state index in [9.17, 15) is 9.59 Å². The van der Waals surface area contributed by atoms with Crippen LogP contribution in [0.5, 0.6) is 0 Å². The SMILES string of the molecule is C=CCC1C(Nc2ccccc2)C(OC(C)=O)C=CN1C(=O)OC. The number of para-hydroxylation sites is 1. The van der Waals surface area contributed by atoms with Gasteiger partial charge in [0.25, 0.3) is 0 Å². The normalized spacial score (nSPS) is 22.6. The number of carbonyl (C=O) groups is 2. The summed E-state index contributed by atoms with van der Waals surface area (Å²) in [6, 6.07) is 8.91. The zero-order valence-corrected chi connectivity index (χ0v) is 13.8. The molecule has 1 aromatic carbocycles. The van der Waals surface area contributed by atoms with Gasteiger partial charge in [-0.1, -0.05) is 24.3 Å². The summed E-state index contributed by atoms with van der Waals surface area (Å²) in [7, 11) is 1.33. The second-order valence-corrected chi connectivity index (χ2v) is 5.42. The fraction of sp³-hybridized carbons (Fsp3) is 0.333. The number of hydrogen-bond donors (Lipinski definition) is 1. The second kappa shape index (κ2) is 8.19. The molecule has 3 atom stereocenters. The number of nitrogens with one attached hydrogen (secondary N) is 1. The van der Waals surface area contributed by atoms with Crippen LogP contribution in [0.2, 0.25) is 0 Å². The average Bonchev–Trinajstić information content (AvgIpc) is 2.58. The standard InChI is InChI=1S/C18H22N2O4/c1-4-8-15-17(19-14-9-6-5-7-10-14)16(24-13(2)21)11-12-20(15)18(22)23-3/h4-7,9-12,15-17,19H,1,8H2,2-3H3. The van der Waals surface area contributed by atoms with Crippen LogP contribution in [0.1, 0.15) is 13.3 Å². The molecule has 6 heteroatoms. The van der Waals surface area contributed by atoms with Gasteiger partial charge in [-0.3, -0.25) is 9.69 Å². The van der Waals surface area contributed by atoms with Crippen LogP contribution in [0.3, 0.4) is 0 Å². The highest BCUT2D eigenvalue weighted by molar-refractivity contribution is 5.70. The Labute approximate surface area is 141 Å². The molecule has 1 amide bonds. The smallest absolute Gasteiger partial charge is 0.413 e. The Hall–Kier alpha value is -2.76. The van der Waals surface area contributed by atoms with Gasteiger partial charge in [-0.05, 0) is 24.6 Å². The van der Waals surface area contributed by atoms with E-state index in [0.29, 0.717) is 6.42 Å². The summed E-state index contributed by atoms with van der Waals surface area (Å²) in [5.41, 5.74) is 0.869. The zero-order valence-electron chi connectivity index (χ0n) is 13.8. The molecule has 0 aromatic heterocycles. The van der Waals surface area contributed by atoms with Crippen molar-refractivity contribution in [1.29, 1.82) is 0 Å². The Morgan fingerprint density at radius 3 is 2.62 bits per heavy atom. The molecule has 1 aliphatic heterocycles. The third-order valence-corrected chi connectivity index (χ3v) is 3.76. The van der Waals surface area contributed by atoms with Gasteiger partial charge in [-0.15, -0.1) is 6.58 Å². The molecule has 0 saturated heterocycles. The van der Waals surface area contributed by atoms with Crippen LogP contribution in [-0.2, 0) is 14.3 Å². The number of nitrogens with zero attached hydrogens (tertiary/aromatic N) is 1. The van der Waals surface area contributed by atoms with E-state index in [-0.39, 0.29) is 18.1 Å². The highest BCUT2D eigenvalue weighted by Gasteiger charge is 2.38. The van der Waals surface area contributed by atoms with Crippen molar-refractivity contribution in [1.82, 2.24) is 4.90 Å². The van der Waals surface area contributed by atoms with Crippen molar-refractivity contribution in [2.75, 3.05) is 12.4 Å². The van der Waals surface area contributed by atoms with E-state index in [1.807, 2.05) is 30.3 Å². The third-order valence-electron chi connectivity index (χ3n) is 3.76. The highest BCUT2D eigenvalue weighted by Crippen LogP contribution is 2.25. The summed E-state index contributed by atoms with van der Waals surface area (Å²) in [5, 5.41) is 3.35. The first-order valence-electron chi connectivity index (χ1n) is 7.71. The summed E-state index contributed by atoms with van der Waals surface area (Å²) < 4.78 is 10.3. The number of amides is 1. The maximum Gasteiger partial charge on any atom is 0.413 e. The lowest BCUT2D eigenvalue weighted by Gasteiger charge is -2.40. The fourth-order valence-corrected chi connectivity index (χ4v) is 2.74. The van der Waals surface area contributed by atoms with Crippen LogP contribution in [0.15, 0.2) is 55.3 Å². The topological polar surface area (TPSA) is 67.9 Å². The number of carbonyl (C=O) groups excluding carboxylic acids is 2. The van der Waals surface area contributed by atoms with E-state index in [2.05, 4.69) is 11.9 Å². The fourth-order valence-electron chi connectivity index (χ4n) is 2.74. The molecule has 2 rings (SSSR count). The molecule has 0 aliphatic carbocycles. The van der Waals surface area contributed by atoms with Gasteiger partial charge in [-0.25, -0.2) is 4.79 Å². The van der Waals surface area contributed by atoms with E-state index in [4.69, 9.17) is 9.47 Å². The quantitative estimate of drug-likeness (QED) is 0.664. The number of methoxy groups -OCH3 is 1. The van der Waals surface area contributed by atoms with Crippen LogP contribution >= 0.6 is 0 Å². The maximum atomic E-state index is 12.1. The number of anilines is 1. The lowest BCUT2D eigenvalue weighted by atomic mass is 9.94. The maximum absolute atomic E-state index is 12.1. The second-order valence-electron chi connectivity index (χ2n) is 5.42. The molecule has 0 bridgehead atoms. The predicted molar refractivity (Wildman–Crippen MR) is 91.4 cm³/mol. The molecular formula is C18H22N2O4. The molecular weight excluding hydrogens is 308 g/mol. The Bertz CT molecular complexity index is 615. The summed E-state index contributed by atoms with van der Waals surface area (Å²) >= 11 is 0. The number of hydrogen-bond acceptors (Lipinski definition) is 5. The van der Waals surface area contributed by atoms with Crippen LogP contribution < -0.4 is 5.32 Å². The Morgan fingerprint density at radius 1 is 1.33 bits per heavy atom. The van der Waals surface area contributed by atoms with Crippen molar-refractivity contribution in [3.8, 4) is 0 Å². The highest BCUT2D eigenvalue weighted by atomic mass is 16.5. The molecule has 0 radical (unpaired) electrons. The largest absolute Gasteiger partial charge is 0.456 e. The zero-order chi connectivity index (χ0) is 17.5. The van der Waals surface area contributed by atoms with E-state index in [0.717, 1.165) is 5.69 Å². The first-order chi connectivity index (χ1) is 11.6. The van der Waals surface area contributed by atoms with Crippen LogP contribution in [0, 0.1) is 0 Å². The minimum Gasteiger partial charge on any atom is -0.456 e. The van der Waals surface area contributed by atoms with Gasteiger partial charge in [0.2, 0.25) is 0 Å².